The number of hydrogen-bond acceptors (Lipinski definition) is 2. The van der Waals surface area contributed by atoms with Crippen LogP contribution in [-0.4, -0.2) is 28.0 Å². The first kappa shape index (κ1) is 11.5. The van der Waals surface area contributed by atoms with E-state index < -0.39 is 0 Å². The van der Waals surface area contributed by atoms with Crippen LogP contribution in [0.4, 0.5) is 0 Å². The molecular formula is C15H15ClN2O. The third kappa shape index (κ3) is 1.73. The number of halogens is 1. The average molecular weight is 275 g/mol. The number of hydrogen-bond donors (Lipinski definition) is 0. The summed E-state index contributed by atoms with van der Waals surface area (Å²) in [5.41, 5.74) is 3.78. The number of ether oxygens (including phenoxy) is 1. The second-order valence-electron chi connectivity index (χ2n) is 5.13. The third-order valence-corrected chi connectivity index (χ3v) is 4.27. The van der Waals surface area contributed by atoms with E-state index in [1.807, 2.05) is 0 Å². The van der Waals surface area contributed by atoms with Crippen LogP contribution in [0, 0.1) is 0 Å². The molecule has 2 atom stereocenters. The van der Waals surface area contributed by atoms with Gasteiger partial charge in [0.15, 0.2) is 6.23 Å². The van der Waals surface area contributed by atoms with Crippen molar-refractivity contribution in [2.24, 2.45) is 0 Å². The number of fused-ring (bicyclic) bond motifs is 5. The number of para-hydroxylation sites is 1. The van der Waals surface area contributed by atoms with Crippen LogP contribution < -0.4 is 0 Å². The SMILES string of the molecule is ClC[C@H]1CN2Cc3ccccc3-n3cccc3[C@H]2O1. The predicted octanol–water partition coefficient (Wildman–Crippen LogP) is 2.93. The molecule has 0 bridgehead atoms. The zero-order valence-corrected chi connectivity index (χ0v) is 11.3. The van der Waals surface area contributed by atoms with Crippen molar-refractivity contribution in [3.63, 3.8) is 0 Å². The summed E-state index contributed by atoms with van der Waals surface area (Å²) >= 11 is 5.96. The monoisotopic (exact) mass is 274 g/mol. The molecule has 3 nitrogen and oxygen atoms in total. The van der Waals surface area contributed by atoms with Gasteiger partial charge in [0.2, 0.25) is 0 Å². The Bertz CT molecular complexity index is 610. The molecule has 2 aliphatic heterocycles. The number of aromatic nitrogens is 1. The van der Waals surface area contributed by atoms with Crippen LogP contribution in [0.25, 0.3) is 5.69 Å². The Labute approximate surface area is 117 Å². The fourth-order valence-corrected chi connectivity index (χ4v) is 3.24. The van der Waals surface area contributed by atoms with Gasteiger partial charge in [0.05, 0.1) is 11.8 Å². The van der Waals surface area contributed by atoms with E-state index in [4.69, 9.17) is 16.3 Å². The summed E-state index contributed by atoms with van der Waals surface area (Å²) in [4.78, 5) is 2.37. The lowest BCUT2D eigenvalue weighted by molar-refractivity contribution is 0.000329. The molecule has 0 saturated carbocycles. The molecule has 0 N–H and O–H groups in total. The van der Waals surface area contributed by atoms with Crippen LogP contribution in [-0.2, 0) is 11.3 Å². The Morgan fingerprint density at radius 3 is 3.00 bits per heavy atom. The molecule has 0 amide bonds. The minimum Gasteiger partial charge on any atom is -0.351 e. The molecule has 1 saturated heterocycles. The second-order valence-corrected chi connectivity index (χ2v) is 5.43. The van der Waals surface area contributed by atoms with Gasteiger partial charge in [-0.3, -0.25) is 4.90 Å². The molecule has 0 spiro atoms. The van der Waals surface area contributed by atoms with Crippen LogP contribution in [0.1, 0.15) is 17.5 Å². The van der Waals surface area contributed by atoms with E-state index in [9.17, 15) is 0 Å². The molecule has 3 heterocycles. The normalized spacial score (nSPS) is 25.5. The Kier molecular flexibility index (Phi) is 2.65. The molecule has 2 aliphatic rings. The maximum absolute atomic E-state index is 6.08. The van der Waals surface area contributed by atoms with Crippen LogP contribution >= 0.6 is 11.6 Å². The standard InChI is InChI=1S/C15H15ClN2O/c16-8-12-10-17-9-11-4-1-2-5-13(11)18-7-3-6-14(18)15(17)19-12/h1-7,12,15H,8-10H2/t12-,15+/m0/s1. The minimum atomic E-state index is 0.0196. The maximum Gasteiger partial charge on any atom is 0.153 e. The van der Waals surface area contributed by atoms with Gasteiger partial charge in [-0.05, 0) is 23.8 Å². The fourth-order valence-electron chi connectivity index (χ4n) is 3.07. The first-order valence-corrected chi connectivity index (χ1v) is 7.11. The van der Waals surface area contributed by atoms with Gasteiger partial charge in [0.1, 0.15) is 0 Å². The molecular weight excluding hydrogens is 260 g/mol. The van der Waals surface area contributed by atoms with Gasteiger partial charge in [-0.1, -0.05) is 18.2 Å². The number of nitrogens with zero attached hydrogens (tertiary/aromatic N) is 2. The molecule has 1 aromatic carbocycles. The van der Waals surface area contributed by atoms with Crippen molar-refractivity contribution in [2.45, 2.75) is 18.9 Å². The van der Waals surface area contributed by atoms with Gasteiger partial charge in [-0.25, -0.2) is 0 Å². The highest BCUT2D eigenvalue weighted by molar-refractivity contribution is 6.18. The minimum absolute atomic E-state index is 0.0196. The van der Waals surface area contributed by atoms with Gasteiger partial charge in [0, 0.05) is 30.9 Å². The molecule has 98 valence electrons. The molecule has 0 aliphatic carbocycles. The predicted molar refractivity (Wildman–Crippen MR) is 74.5 cm³/mol. The van der Waals surface area contributed by atoms with Gasteiger partial charge in [-0.2, -0.15) is 0 Å². The highest BCUT2D eigenvalue weighted by Crippen LogP contribution is 2.37. The number of alkyl halides is 1. The lowest BCUT2D eigenvalue weighted by Gasteiger charge is -2.19. The Hall–Kier alpha value is -1.29. The van der Waals surface area contributed by atoms with Crippen molar-refractivity contribution in [1.82, 2.24) is 9.47 Å². The van der Waals surface area contributed by atoms with Crippen molar-refractivity contribution in [3.05, 3.63) is 53.9 Å². The second kappa shape index (κ2) is 4.37. The van der Waals surface area contributed by atoms with Gasteiger partial charge in [0.25, 0.3) is 0 Å². The quantitative estimate of drug-likeness (QED) is 0.744. The van der Waals surface area contributed by atoms with Gasteiger partial charge < -0.3 is 9.30 Å². The molecule has 1 fully saturated rings. The Morgan fingerprint density at radius 1 is 1.21 bits per heavy atom. The van der Waals surface area contributed by atoms with Crippen molar-refractivity contribution in [3.8, 4) is 5.69 Å². The molecule has 2 aromatic rings. The largest absolute Gasteiger partial charge is 0.351 e. The smallest absolute Gasteiger partial charge is 0.153 e. The third-order valence-electron chi connectivity index (χ3n) is 3.92. The van der Waals surface area contributed by atoms with E-state index in [-0.39, 0.29) is 12.3 Å². The van der Waals surface area contributed by atoms with Crippen LogP contribution in [0.2, 0.25) is 0 Å². The molecule has 0 radical (unpaired) electrons. The molecule has 19 heavy (non-hydrogen) atoms. The highest BCUT2D eigenvalue weighted by atomic mass is 35.5. The fraction of sp³-hybridized carbons (Fsp3) is 0.333. The summed E-state index contributed by atoms with van der Waals surface area (Å²) in [7, 11) is 0. The Morgan fingerprint density at radius 2 is 2.11 bits per heavy atom. The maximum atomic E-state index is 6.08. The average Bonchev–Trinajstić information content (AvgIpc) is 3.03. The van der Waals surface area contributed by atoms with Crippen molar-refractivity contribution in [2.75, 3.05) is 12.4 Å². The van der Waals surface area contributed by atoms with Gasteiger partial charge in [-0.15, -0.1) is 11.6 Å². The van der Waals surface area contributed by atoms with Crippen molar-refractivity contribution < 1.29 is 4.74 Å². The summed E-state index contributed by atoms with van der Waals surface area (Å²) in [6, 6.07) is 12.7. The zero-order valence-electron chi connectivity index (χ0n) is 10.5. The van der Waals surface area contributed by atoms with Gasteiger partial charge >= 0.3 is 0 Å². The van der Waals surface area contributed by atoms with Crippen LogP contribution in [0.3, 0.4) is 0 Å². The number of rotatable bonds is 1. The van der Waals surface area contributed by atoms with E-state index in [1.54, 1.807) is 0 Å². The zero-order chi connectivity index (χ0) is 12.8. The summed E-state index contributed by atoms with van der Waals surface area (Å²) in [6.07, 6.45) is 2.25. The summed E-state index contributed by atoms with van der Waals surface area (Å²) in [5, 5.41) is 0. The van der Waals surface area contributed by atoms with E-state index in [0.29, 0.717) is 5.88 Å². The number of benzene rings is 1. The summed E-state index contributed by atoms with van der Waals surface area (Å²) < 4.78 is 8.32. The molecule has 4 heteroatoms. The van der Waals surface area contributed by atoms with Crippen molar-refractivity contribution >= 4 is 11.6 Å². The van der Waals surface area contributed by atoms with E-state index in [2.05, 4.69) is 52.1 Å². The van der Waals surface area contributed by atoms with Crippen LogP contribution in [0.15, 0.2) is 42.6 Å². The van der Waals surface area contributed by atoms with Crippen LogP contribution in [0.5, 0.6) is 0 Å². The first-order valence-electron chi connectivity index (χ1n) is 6.58. The first-order chi connectivity index (χ1) is 9.36. The molecule has 1 aromatic heterocycles. The van der Waals surface area contributed by atoms with E-state index >= 15 is 0 Å². The topological polar surface area (TPSA) is 17.4 Å². The summed E-state index contributed by atoms with van der Waals surface area (Å²) in [6.45, 7) is 1.81. The summed E-state index contributed by atoms with van der Waals surface area (Å²) in [5.74, 6) is 0.551. The van der Waals surface area contributed by atoms with E-state index in [0.717, 1.165) is 13.1 Å². The molecule has 4 rings (SSSR count). The Balaban J connectivity index is 1.86. The highest BCUT2D eigenvalue weighted by Gasteiger charge is 2.37. The molecule has 0 unspecified atom stereocenters. The van der Waals surface area contributed by atoms with E-state index in [1.165, 1.54) is 16.9 Å². The lowest BCUT2D eigenvalue weighted by atomic mass is 10.1. The lowest BCUT2D eigenvalue weighted by Crippen LogP contribution is -2.23. The van der Waals surface area contributed by atoms with Crippen molar-refractivity contribution in [1.29, 1.82) is 0 Å².